The predicted octanol–water partition coefficient (Wildman–Crippen LogP) is 2.26. The van der Waals surface area contributed by atoms with Gasteiger partial charge in [-0.15, -0.1) is 0 Å². The summed E-state index contributed by atoms with van der Waals surface area (Å²) in [5.41, 5.74) is 0.726. The SMILES string of the molecule is COc1ccc(OC)c(N2CC(=O)CC2(C)C)c1. The van der Waals surface area contributed by atoms with Gasteiger partial charge in [-0.05, 0) is 26.0 Å². The van der Waals surface area contributed by atoms with E-state index >= 15 is 0 Å². The Hall–Kier alpha value is -1.71. The summed E-state index contributed by atoms with van der Waals surface area (Å²) in [4.78, 5) is 13.8. The van der Waals surface area contributed by atoms with E-state index in [-0.39, 0.29) is 11.3 Å². The highest BCUT2D eigenvalue weighted by atomic mass is 16.5. The van der Waals surface area contributed by atoms with E-state index < -0.39 is 0 Å². The van der Waals surface area contributed by atoms with Gasteiger partial charge in [-0.25, -0.2) is 0 Å². The van der Waals surface area contributed by atoms with Crippen molar-refractivity contribution >= 4 is 11.5 Å². The second-order valence-corrected chi connectivity index (χ2v) is 5.15. The van der Waals surface area contributed by atoms with E-state index in [2.05, 4.69) is 18.7 Å². The van der Waals surface area contributed by atoms with Gasteiger partial charge in [-0.1, -0.05) is 0 Å². The first-order valence-corrected chi connectivity index (χ1v) is 5.99. The minimum atomic E-state index is -0.184. The summed E-state index contributed by atoms with van der Waals surface area (Å²) in [5, 5.41) is 0. The molecule has 0 saturated carbocycles. The Morgan fingerprint density at radius 2 is 1.94 bits per heavy atom. The molecule has 18 heavy (non-hydrogen) atoms. The molecule has 1 heterocycles. The zero-order valence-electron chi connectivity index (χ0n) is 11.3. The number of benzene rings is 1. The van der Waals surface area contributed by atoms with Gasteiger partial charge in [0.05, 0.1) is 26.5 Å². The van der Waals surface area contributed by atoms with Crippen LogP contribution in [0.25, 0.3) is 0 Å². The van der Waals surface area contributed by atoms with Crippen LogP contribution in [-0.4, -0.2) is 32.1 Å². The highest BCUT2D eigenvalue weighted by molar-refractivity contribution is 5.90. The highest BCUT2D eigenvalue weighted by Gasteiger charge is 2.38. The number of ketones is 1. The molecule has 0 radical (unpaired) electrons. The summed E-state index contributed by atoms with van der Waals surface area (Å²) in [6, 6.07) is 5.64. The van der Waals surface area contributed by atoms with Gasteiger partial charge in [0.2, 0.25) is 0 Å². The molecule has 1 fully saturated rings. The molecule has 1 saturated heterocycles. The standard InChI is InChI=1S/C14H19NO3/c1-14(2)8-10(16)9-15(14)12-7-11(17-3)5-6-13(12)18-4/h5-7H,8-9H2,1-4H3. The number of anilines is 1. The average Bonchev–Trinajstić information content (AvgIpc) is 2.61. The third-order valence-corrected chi connectivity index (χ3v) is 3.37. The molecule has 1 aliphatic heterocycles. The molecule has 98 valence electrons. The van der Waals surface area contributed by atoms with Gasteiger partial charge in [0.25, 0.3) is 0 Å². The van der Waals surface area contributed by atoms with Crippen LogP contribution in [-0.2, 0) is 4.79 Å². The fourth-order valence-corrected chi connectivity index (χ4v) is 2.44. The Bertz CT molecular complexity index is 468. The Labute approximate surface area is 107 Å². The number of nitrogens with zero attached hydrogens (tertiary/aromatic N) is 1. The van der Waals surface area contributed by atoms with Crippen LogP contribution in [0.3, 0.4) is 0 Å². The molecule has 1 aromatic carbocycles. The smallest absolute Gasteiger partial charge is 0.154 e. The lowest BCUT2D eigenvalue weighted by Crippen LogP contribution is -2.38. The third-order valence-electron chi connectivity index (χ3n) is 3.37. The van der Waals surface area contributed by atoms with E-state index in [1.807, 2.05) is 18.2 Å². The van der Waals surface area contributed by atoms with E-state index in [1.54, 1.807) is 14.2 Å². The maximum Gasteiger partial charge on any atom is 0.154 e. The summed E-state index contributed by atoms with van der Waals surface area (Å²) in [5.74, 6) is 1.78. The normalized spacial score (nSPS) is 18.0. The van der Waals surface area contributed by atoms with Gasteiger partial charge in [-0.3, -0.25) is 4.79 Å². The zero-order chi connectivity index (χ0) is 13.3. The van der Waals surface area contributed by atoms with Gasteiger partial charge in [0.15, 0.2) is 5.78 Å². The molecule has 0 atom stereocenters. The summed E-state index contributed by atoms with van der Waals surface area (Å²) < 4.78 is 10.6. The van der Waals surface area contributed by atoms with Crippen LogP contribution in [0.4, 0.5) is 5.69 Å². The van der Waals surface area contributed by atoms with Crippen molar-refractivity contribution < 1.29 is 14.3 Å². The molecular formula is C14H19NO3. The van der Waals surface area contributed by atoms with Gasteiger partial charge < -0.3 is 14.4 Å². The molecule has 0 amide bonds. The quantitative estimate of drug-likeness (QED) is 0.823. The minimum absolute atomic E-state index is 0.184. The molecule has 1 aromatic rings. The lowest BCUT2D eigenvalue weighted by Gasteiger charge is -2.33. The predicted molar refractivity (Wildman–Crippen MR) is 70.6 cm³/mol. The number of carbonyl (C=O) groups excluding carboxylic acids is 1. The molecule has 0 aliphatic carbocycles. The van der Waals surface area contributed by atoms with E-state index in [0.29, 0.717) is 13.0 Å². The first kappa shape index (κ1) is 12.7. The molecule has 0 aromatic heterocycles. The number of carbonyl (C=O) groups is 1. The van der Waals surface area contributed by atoms with Gasteiger partial charge in [0.1, 0.15) is 11.5 Å². The second-order valence-electron chi connectivity index (χ2n) is 5.15. The minimum Gasteiger partial charge on any atom is -0.497 e. The van der Waals surface area contributed by atoms with Crippen LogP contribution < -0.4 is 14.4 Å². The number of methoxy groups -OCH3 is 2. The average molecular weight is 249 g/mol. The van der Waals surface area contributed by atoms with Gasteiger partial charge in [0, 0.05) is 18.0 Å². The van der Waals surface area contributed by atoms with Gasteiger partial charge in [-0.2, -0.15) is 0 Å². The maximum absolute atomic E-state index is 11.7. The van der Waals surface area contributed by atoms with E-state index in [1.165, 1.54) is 0 Å². The van der Waals surface area contributed by atoms with Crippen LogP contribution in [0.1, 0.15) is 20.3 Å². The van der Waals surface area contributed by atoms with Crippen LogP contribution in [0, 0.1) is 0 Å². The Kier molecular flexibility index (Phi) is 3.20. The van der Waals surface area contributed by atoms with Crippen LogP contribution >= 0.6 is 0 Å². The molecule has 0 bridgehead atoms. The van der Waals surface area contributed by atoms with Crippen molar-refractivity contribution in [2.45, 2.75) is 25.8 Å². The maximum atomic E-state index is 11.7. The molecule has 0 unspecified atom stereocenters. The summed E-state index contributed by atoms with van der Waals surface area (Å²) in [7, 11) is 3.27. The van der Waals surface area contributed by atoms with Crippen LogP contribution in [0.15, 0.2) is 18.2 Å². The summed E-state index contributed by atoms with van der Waals surface area (Å²) in [6.45, 7) is 4.56. The van der Waals surface area contributed by atoms with Crippen molar-refractivity contribution in [1.29, 1.82) is 0 Å². The molecule has 4 heteroatoms. The first-order valence-electron chi connectivity index (χ1n) is 5.99. The second kappa shape index (κ2) is 4.52. The molecule has 0 N–H and O–H groups in total. The first-order chi connectivity index (χ1) is 8.47. The lowest BCUT2D eigenvalue weighted by molar-refractivity contribution is -0.116. The fourth-order valence-electron chi connectivity index (χ4n) is 2.44. The van der Waals surface area contributed by atoms with E-state index in [9.17, 15) is 4.79 Å². The Balaban J connectivity index is 2.45. The Morgan fingerprint density at radius 1 is 1.22 bits per heavy atom. The zero-order valence-corrected chi connectivity index (χ0v) is 11.3. The molecule has 1 aliphatic rings. The fraction of sp³-hybridized carbons (Fsp3) is 0.500. The Morgan fingerprint density at radius 3 is 2.44 bits per heavy atom. The summed E-state index contributed by atoms with van der Waals surface area (Å²) >= 11 is 0. The van der Waals surface area contributed by atoms with Crippen molar-refractivity contribution in [3.8, 4) is 11.5 Å². The van der Waals surface area contributed by atoms with E-state index in [4.69, 9.17) is 9.47 Å². The van der Waals surface area contributed by atoms with Crippen molar-refractivity contribution in [1.82, 2.24) is 0 Å². The number of rotatable bonds is 3. The highest BCUT2D eigenvalue weighted by Crippen LogP contribution is 2.39. The monoisotopic (exact) mass is 249 g/mol. The number of hydrogen-bond donors (Lipinski definition) is 0. The number of hydrogen-bond acceptors (Lipinski definition) is 4. The summed E-state index contributed by atoms with van der Waals surface area (Å²) in [6.07, 6.45) is 0.563. The van der Waals surface area contributed by atoms with Crippen LogP contribution in [0.2, 0.25) is 0 Å². The molecule has 0 spiro atoms. The van der Waals surface area contributed by atoms with Gasteiger partial charge >= 0.3 is 0 Å². The molecule has 4 nitrogen and oxygen atoms in total. The van der Waals surface area contributed by atoms with Crippen molar-refractivity contribution in [3.63, 3.8) is 0 Å². The third kappa shape index (κ3) is 2.15. The van der Waals surface area contributed by atoms with Crippen LogP contribution in [0.5, 0.6) is 11.5 Å². The molecule has 2 rings (SSSR count). The molecular weight excluding hydrogens is 230 g/mol. The van der Waals surface area contributed by atoms with Crippen molar-refractivity contribution in [3.05, 3.63) is 18.2 Å². The van der Waals surface area contributed by atoms with E-state index in [0.717, 1.165) is 17.2 Å². The largest absolute Gasteiger partial charge is 0.497 e. The lowest BCUT2D eigenvalue weighted by atomic mass is 10.0. The number of Topliss-reactive ketones (excluding diaryl/α,β-unsaturated/α-hetero) is 1. The topological polar surface area (TPSA) is 38.8 Å². The number of ether oxygens (including phenoxy) is 2. The van der Waals surface area contributed by atoms with Crippen molar-refractivity contribution in [2.75, 3.05) is 25.7 Å². The van der Waals surface area contributed by atoms with Crippen molar-refractivity contribution in [2.24, 2.45) is 0 Å².